The second-order valence-corrected chi connectivity index (χ2v) is 7.29. The maximum atomic E-state index is 13.4. The number of halogens is 1. The Morgan fingerprint density at radius 1 is 1.25 bits per heavy atom. The van der Waals surface area contributed by atoms with E-state index in [-0.39, 0.29) is 11.8 Å². The van der Waals surface area contributed by atoms with Crippen LogP contribution in [0.2, 0.25) is 0 Å². The van der Waals surface area contributed by atoms with Crippen LogP contribution in [-0.4, -0.2) is 35.5 Å². The number of urea groups is 1. The van der Waals surface area contributed by atoms with E-state index in [0.29, 0.717) is 19.6 Å². The number of hydrogen-bond acceptors (Lipinski definition) is 1. The van der Waals surface area contributed by atoms with E-state index in [2.05, 4.69) is 41.5 Å². The van der Waals surface area contributed by atoms with E-state index < -0.39 is 0 Å². The Hall–Kier alpha value is -3.08. The molecule has 2 heterocycles. The molecular formula is C23H24FN3O. The minimum absolute atomic E-state index is 0.0241. The monoisotopic (exact) mass is 377 g/mol. The summed E-state index contributed by atoms with van der Waals surface area (Å²) in [5.74, 6) is -0.243. The molecule has 0 radical (unpaired) electrons. The molecule has 2 amide bonds. The summed E-state index contributed by atoms with van der Waals surface area (Å²) in [5.41, 5.74) is 5.55. The molecule has 0 atom stereocenters. The number of aryl methyl sites for hydroxylation is 1. The first-order valence-corrected chi connectivity index (χ1v) is 9.64. The minimum Gasteiger partial charge on any atom is -0.360 e. The van der Waals surface area contributed by atoms with Crippen LogP contribution in [-0.2, 0) is 6.42 Å². The standard InChI is InChI=1S/C23H24FN3O/c1-16-3-2-4-17(13-16)7-10-25-23(28)27-11-8-18(9-12-27)21-15-26-22-14-19(24)5-6-20(21)22/h2-6,8,13-15,26H,7,9-12H2,1H3,(H,25,28). The summed E-state index contributed by atoms with van der Waals surface area (Å²) in [6.45, 7) is 3.96. The molecule has 0 unspecified atom stereocenters. The number of hydrogen-bond donors (Lipinski definition) is 2. The Balaban J connectivity index is 1.34. The minimum atomic E-state index is -0.243. The van der Waals surface area contributed by atoms with Gasteiger partial charge in [-0.3, -0.25) is 0 Å². The molecule has 144 valence electrons. The molecule has 0 spiro atoms. The number of fused-ring (bicyclic) bond motifs is 1. The topological polar surface area (TPSA) is 48.1 Å². The molecule has 1 aliphatic rings. The summed E-state index contributed by atoms with van der Waals surface area (Å²) in [4.78, 5) is 17.4. The molecule has 2 aromatic carbocycles. The second kappa shape index (κ2) is 7.89. The predicted octanol–water partition coefficient (Wildman–Crippen LogP) is 4.66. The van der Waals surface area contributed by atoms with Crippen LogP contribution >= 0.6 is 0 Å². The van der Waals surface area contributed by atoms with Gasteiger partial charge in [0.1, 0.15) is 5.82 Å². The van der Waals surface area contributed by atoms with Gasteiger partial charge in [0.2, 0.25) is 0 Å². The Morgan fingerprint density at radius 3 is 2.93 bits per heavy atom. The van der Waals surface area contributed by atoms with Crippen LogP contribution < -0.4 is 5.32 Å². The Labute approximate surface area is 164 Å². The van der Waals surface area contributed by atoms with Crippen LogP contribution in [0.25, 0.3) is 16.5 Å². The number of benzene rings is 2. The average Bonchev–Trinajstić information content (AvgIpc) is 3.11. The molecule has 4 rings (SSSR count). The number of carbonyl (C=O) groups is 1. The van der Waals surface area contributed by atoms with Crippen molar-refractivity contribution in [1.82, 2.24) is 15.2 Å². The van der Waals surface area contributed by atoms with E-state index in [1.54, 1.807) is 0 Å². The molecule has 2 N–H and O–H groups in total. The number of aromatic amines is 1. The number of rotatable bonds is 4. The number of nitrogens with one attached hydrogen (secondary N) is 2. The lowest BCUT2D eigenvalue weighted by atomic mass is 9.99. The zero-order valence-electron chi connectivity index (χ0n) is 16.0. The third-order valence-corrected chi connectivity index (χ3v) is 5.26. The first-order chi connectivity index (χ1) is 13.6. The SMILES string of the molecule is Cc1cccc(CCNC(=O)N2CC=C(c3c[nH]c4cc(F)ccc34)CC2)c1. The van der Waals surface area contributed by atoms with E-state index >= 15 is 0 Å². The molecule has 1 aromatic heterocycles. The summed E-state index contributed by atoms with van der Waals surface area (Å²) in [6.07, 6.45) is 5.63. The molecule has 0 fully saturated rings. The van der Waals surface area contributed by atoms with Gasteiger partial charge in [-0.25, -0.2) is 9.18 Å². The number of H-pyrrole nitrogens is 1. The van der Waals surface area contributed by atoms with Crippen molar-refractivity contribution in [2.45, 2.75) is 19.8 Å². The summed E-state index contributed by atoms with van der Waals surface area (Å²) in [7, 11) is 0. The molecule has 0 aliphatic carbocycles. The van der Waals surface area contributed by atoms with Crippen molar-refractivity contribution >= 4 is 22.5 Å². The Morgan fingerprint density at radius 2 is 2.14 bits per heavy atom. The fourth-order valence-electron chi connectivity index (χ4n) is 3.76. The Bertz CT molecular complexity index is 1040. The first kappa shape index (κ1) is 18.3. The highest BCUT2D eigenvalue weighted by Gasteiger charge is 2.19. The van der Waals surface area contributed by atoms with Crippen molar-refractivity contribution in [2.75, 3.05) is 19.6 Å². The maximum absolute atomic E-state index is 13.4. The van der Waals surface area contributed by atoms with Crippen LogP contribution in [0.3, 0.4) is 0 Å². The van der Waals surface area contributed by atoms with Gasteiger partial charge in [-0.05, 0) is 49.1 Å². The summed E-state index contributed by atoms with van der Waals surface area (Å²) >= 11 is 0. The van der Waals surface area contributed by atoms with Crippen molar-refractivity contribution in [2.24, 2.45) is 0 Å². The molecule has 0 bridgehead atoms. The van der Waals surface area contributed by atoms with Gasteiger partial charge in [-0.2, -0.15) is 0 Å². The third-order valence-electron chi connectivity index (χ3n) is 5.26. The summed E-state index contributed by atoms with van der Waals surface area (Å²) in [6, 6.07) is 13.1. The van der Waals surface area contributed by atoms with Crippen LogP contribution in [0.15, 0.2) is 54.7 Å². The van der Waals surface area contributed by atoms with Gasteiger partial charge < -0.3 is 15.2 Å². The normalized spacial score (nSPS) is 14.2. The fraction of sp³-hybridized carbons (Fsp3) is 0.261. The van der Waals surface area contributed by atoms with Crippen molar-refractivity contribution in [3.63, 3.8) is 0 Å². The number of nitrogens with zero attached hydrogens (tertiary/aromatic N) is 1. The Kier molecular flexibility index (Phi) is 5.15. The van der Waals surface area contributed by atoms with Crippen LogP contribution in [0, 0.1) is 12.7 Å². The lowest BCUT2D eigenvalue weighted by Crippen LogP contribution is -2.42. The smallest absolute Gasteiger partial charge is 0.317 e. The number of aromatic nitrogens is 1. The van der Waals surface area contributed by atoms with Gasteiger partial charge in [-0.15, -0.1) is 0 Å². The van der Waals surface area contributed by atoms with E-state index in [4.69, 9.17) is 0 Å². The highest BCUT2D eigenvalue weighted by atomic mass is 19.1. The van der Waals surface area contributed by atoms with Crippen LogP contribution in [0.5, 0.6) is 0 Å². The van der Waals surface area contributed by atoms with Crippen molar-refractivity contribution in [3.8, 4) is 0 Å². The zero-order valence-corrected chi connectivity index (χ0v) is 16.0. The van der Waals surface area contributed by atoms with Crippen LogP contribution in [0.1, 0.15) is 23.1 Å². The average molecular weight is 377 g/mol. The number of amides is 2. The molecule has 0 saturated heterocycles. The molecule has 4 nitrogen and oxygen atoms in total. The van der Waals surface area contributed by atoms with Gasteiger partial charge >= 0.3 is 6.03 Å². The largest absolute Gasteiger partial charge is 0.360 e. The van der Waals surface area contributed by atoms with Crippen molar-refractivity contribution < 1.29 is 9.18 Å². The lowest BCUT2D eigenvalue weighted by Gasteiger charge is -2.26. The summed E-state index contributed by atoms with van der Waals surface area (Å²) < 4.78 is 13.4. The van der Waals surface area contributed by atoms with Gasteiger partial charge in [0.25, 0.3) is 0 Å². The first-order valence-electron chi connectivity index (χ1n) is 9.64. The van der Waals surface area contributed by atoms with Crippen molar-refractivity contribution in [1.29, 1.82) is 0 Å². The van der Waals surface area contributed by atoms with Crippen molar-refractivity contribution in [3.05, 3.63) is 77.2 Å². The van der Waals surface area contributed by atoms with E-state index in [0.717, 1.165) is 29.3 Å². The van der Waals surface area contributed by atoms with E-state index in [9.17, 15) is 9.18 Å². The predicted molar refractivity (Wildman–Crippen MR) is 111 cm³/mol. The fourth-order valence-corrected chi connectivity index (χ4v) is 3.76. The quantitative estimate of drug-likeness (QED) is 0.683. The highest BCUT2D eigenvalue weighted by molar-refractivity contribution is 5.93. The molecule has 5 heteroatoms. The lowest BCUT2D eigenvalue weighted by molar-refractivity contribution is 0.203. The van der Waals surface area contributed by atoms with Gasteiger partial charge in [0.05, 0.1) is 0 Å². The van der Waals surface area contributed by atoms with Crippen LogP contribution in [0.4, 0.5) is 9.18 Å². The van der Waals surface area contributed by atoms with Gasteiger partial charge in [0.15, 0.2) is 0 Å². The number of carbonyl (C=O) groups excluding carboxylic acids is 1. The second-order valence-electron chi connectivity index (χ2n) is 7.29. The molecular weight excluding hydrogens is 353 g/mol. The van der Waals surface area contributed by atoms with Gasteiger partial charge in [-0.1, -0.05) is 35.9 Å². The van der Waals surface area contributed by atoms with E-state index in [1.165, 1.54) is 28.8 Å². The molecule has 28 heavy (non-hydrogen) atoms. The molecule has 0 saturated carbocycles. The highest BCUT2D eigenvalue weighted by Crippen LogP contribution is 2.29. The third kappa shape index (κ3) is 3.93. The zero-order chi connectivity index (χ0) is 19.5. The maximum Gasteiger partial charge on any atom is 0.317 e. The summed E-state index contributed by atoms with van der Waals surface area (Å²) in [5, 5.41) is 4.03. The van der Waals surface area contributed by atoms with Gasteiger partial charge in [0, 0.05) is 42.3 Å². The molecule has 3 aromatic rings. The molecule has 1 aliphatic heterocycles. The van der Waals surface area contributed by atoms with E-state index in [1.807, 2.05) is 23.2 Å².